The first-order valence-corrected chi connectivity index (χ1v) is 8.95. The average molecular weight is 376 g/mol. The Bertz CT molecular complexity index is 634. The van der Waals surface area contributed by atoms with E-state index in [0.29, 0.717) is 13.1 Å². The third kappa shape index (κ3) is 6.79. The van der Waals surface area contributed by atoms with Crippen molar-refractivity contribution in [1.82, 2.24) is 4.90 Å². The van der Waals surface area contributed by atoms with Gasteiger partial charge in [-0.15, -0.1) is 12.4 Å². The first-order valence-electron chi connectivity index (χ1n) is 8.95. The molecule has 0 aliphatic carbocycles. The largest absolute Gasteiger partial charge is 0.329 e. The second-order valence-electron chi connectivity index (χ2n) is 6.49. The lowest BCUT2D eigenvalue weighted by atomic mass is 10.1. The van der Waals surface area contributed by atoms with Gasteiger partial charge in [0.05, 0.1) is 6.54 Å². The van der Waals surface area contributed by atoms with E-state index in [4.69, 9.17) is 5.73 Å². The molecule has 0 atom stereocenters. The van der Waals surface area contributed by atoms with Crippen LogP contribution >= 0.6 is 12.4 Å². The van der Waals surface area contributed by atoms with Crippen LogP contribution in [0.5, 0.6) is 0 Å². The first-order chi connectivity index (χ1) is 12.1. The van der Waals surface area contributed by atoms with Gasteiger partial charge in [0.2, 0.25) is 5.91 Å². The number of halogens is 1. The molecule has 2 rings (SSSR count). The van der Waals surface area contributed by atoms with Crippen LogP contribution in [-0.2, 0) is 11.2 Å². The second-order valence-corrected chi connectivity index (χ2v) is 6.49. The molecule has 0 spiro atoms. The Labute approximate surface area is 163 Å². The minimum absolute atomic E-state index is 0. The number of carbonyl (C=O) groups excluding carboxylic acids is 1. The standard InChI is InChI=1S/C21H29N3O.ClH/c1-18(2)24(20-11-7-4-8-12-20)21(25)17-23(16-14-22)15-13-19-9-5-3-6-10-19;/h3-12,18H,13-17,22H2,1-2H3;1H. The van der Waals surface area contributed by atoms with Crippen molar-refractivity contribution in [2.45, 2.75) is 26.3 Å². The highest BCUT2D eigenvalue weighted by Crippen LogP contribution is 2.17. The van der Waals surface area contributed by atoms with Crippen molar-refractivity contribution in [2.75, 3.05) is 31.1 Å². The lowest BCUT2D eigenvalue weighted by molar-refractivity contribution is -0.120. The number of amides is 1. The molecule has 5 heteroatoms. The highest BCUT2D eigenvalue weighted by Gasteiger charge is 2.21. The predicted octanol–water partition coefficient (Wildman–Crippen LogP) is 3.35. The highest BCUT2D eigenvalue weighted by molar-refractivity contribution is 5.95. The smallest absolute Gasteiger partial charge is 0.241 e. The van der Waals surface area contributed by atoms with Gasteiger partial charge in [-0.2, -0.15) is 0 Å². The van der Waals surface area contributed by atoms with Gasteiger partial charge in [0, 0.05) is 31.4 Å². The van der Waals surface area contributed by atoms with Gasteiger partial charge in [-0.05, 0) is 38.0 Å². The van der Waals surface area contributed by atoms with Crippen LogP contribution in [-0.4, -0.2) is 43.0 Å². The van der Waals surface area contributed by atoms with Gasteiger partial charge in [0.15, 0.2) is 0 Å². The maximum atomic E-state index is 12.9. The summed E-state index contributed by atoms with van der Waals surface area (Å²) in [6, 6.07) is 20.3. The van der Waals surface area contributed by atoms with Crippen LogP contribution < -0.4 is 10.6 Å². The summed E-state index contributed by atoms with van der Waals surface area (Å²) in [6.45, 7) is 6.57. The Hall–Kier alpha value is -1.88. The summed E-state index contributed by atoms with van der Waals surface area (Å²) in [6.07, 6.45) is 0.918. The van der Waals surface area contributed by atoms with Crippen LogP contribution in [0.1, 0.15) is 19.4 Å². The van der Waals surface area contributed by atoms with Crippen molar-refractivity contribution in [1.29, 1.82) is 0 Å². The van der Waals surface area contributed by atoms with Crippen LogP contribution in [0, 0.1) is 0 Å². The summed E-state index contributed by atoms with van der Waals surface area (Å²) in [4.78, 5) is 16.9. The van der Waals surface area contributed by atoms with E-state index in [1.807, 2.05) is 67.3 Å². The number of anilines is 1. The van der Waals surface area contributed by atoms with Crippen molar-refractivity contribution >= 4 is 24.0 Å². The molecule has 0 fully saturated rings. The summed E-state index contributed by atoms with van der Waals surface area (Å²) >= 11 is 0. The summed E-state index contributed by atoms with van der Waals surface area (Å²) in [7, 11) is 0. The van der Waals surface area contributed by atoms with E-state index < -0.39 is 0 Å². The van der Waals surface area contributed by atoms with E-state index >= 15 is 0 Å². The molecule has 0 bridgehead atoms. The molecule has 2 aromatic carbocycles. The zero-order chi connectivity index (χ0) is 18.1. The fourth-order valence-electron chi connectivity index (χ4n) is 2.97. The van der Waals surface area contributed by atoms with Gasteiger partial charge in [0.25, 0.3) is 0 Å². The molecule has 4 nitrogen and oxygen atoms in total. The normalized spacial score (nSPS) is 10.7. The number of para-hydroxylation sites is 1. The number of nitrogens with zero attached hydrogens (tertiary/aromatic N) is 2. The van der Waals surface area contributed by atoms with Gasteiger partial charge in [-0.3, -0.25) is 9.69 Å². The predicted molar refractivity (Wildman–Crippen MR) is 112 cm³/mol. The number of rotatable bonds is 9. The number of hydrogen-bond donors (Lipinski definition) is 1. The first kappa shape index (κ1) is 22.2. The summed E-state index contributed by atoms with van der Waals surface area (Å²) in [5.41, 5.74) is 7.98. The molecule has 0 heterocycles. The van der Waals surface area contributed by atoms with Gasteiger partial charge in [-0.25, -0.2) is 0 Å². The number of benzene rings is 2. The quantitative estimate of drug-likeness (QED) is 0.731. The molecule has 0 saturated carbocycles. The molecule has 2 N–H and O–H groups in total. The summed E-state index contributed by atoms with van der Waals surface area (Å²) < 4.78 is 0. The van der Waals surface area contributed by atoms with Gasteiger partial charge < -0.3 is 10.6 Å². The second kappa shape index (κ2) is 11.7. The zero-order valence-electron chi connectivity index (χ0n) is 15.7. The van der Waals surface area contributed by atoms with Gasteiger partial charge in [0.1, 0.15) is 0 Å². The third-order valence-corrected chi connectivity index (χ3v) is 4.18. The molecule has 0 aliphatic heterocycles. The van der Waals surface area contributed by atoms with Gasteiger partial charge >= 0.3 is 0 Å². The molecule has 0 unspecified atom stereocenters. The van der Waals surface area contributed by atoms with Crippen LogP contribution in [0.2, 0.25) is 0 Å². The Kier molecular flexibility index (Phi) is 9.96. The van der Waals surface area contributed by atoms with E-state index in [1.165, 1.54) is 5.56 Å². The fourth-order valence-corrected chi connectivity index (χ4v) is 2.97. The third-order valence-electron chi connectivity index (χ3n) is 4.18. The van der Waals surface area contributed by atoms with Gasteiger partial charge in [-0.1, -0.05) is 48.5 Å². The molecule has 0 radical (unpaired) electrons. The highest BCUT2D eigenvalue weighted by atomic mass is 35.5. The van der Waals surface area contributed by atoms with E-state index in [0.717, 1.165) is 25.2 Å². The maximum Gasteiger partial charge on any atom is 0.241 e. The van der Waals surface area contributed by atoms with E-state index in [9.17, 15) is 4.79 Å². The lowest BCUT2D eigenvalue weighted by Gasteiger charge is -2.30. The average Bonchev–Trinajstić information content (AvgIpc) is 2.61. The molecule has 26 heavy (non-hydrogen) atoms. The molecule has 1 amide bonds. The Morgan fingerprint density at radius 3 is 2.08 bits per heavy atom. The van der Waals surface area contributed by atoms with E-state index in [-0.39, 0.29) is 24.4 Å². The minimum atomic E-state index is 0. The zero-order valence-corrected chi connectivity index (χ0v) is 16.5. The summed E-state index contributed by atoms with van der Waals surface area (Å²) in [5, 5.41) is 0. The Balaban J connectivity index is 0.00000338. The van der Waals surface area contributed by atoms with E-state index in [1.54, 1.807) is 0 Å². The van der Waals surface area contributed by atoms with Crippen LogP contribution in [0.25, 0.3) is 0 Å². The summed E-state index contributed by atoms with van der Waals surface area (Å²) in [5.74, 6) is 0.114. The molecule has 2 aromatic rings. The number of carbonyl (C=O) groups is 1. The molecule has 0 saturated heterocycles. The minimum Gasteiger partial charge on any atom is -0.329 e. The Morgan fingerprint density at radius 2 is 1.54 bits per heavy atom. The Morgan fingerprint density at radius 1 is 0.962 bits per heavy atom. The van der Waals surface area contributed by atoms with Crippen molar-refractivity contribution in [2.24, 2.45) is 5.73 Å². The molecule has 142 valence electrons. The number of nitrogens with two attached hydrogens (primary N) is 1. The van der Waals surface area contributed by atoms with Crippen molar-refractivity contribution in [3.63, 3.8) is 0 Å². The molecular formula is C21H30ClN3O. The van der Waals surface area contributed by atoms with Crippen LogP contribution in [0.4, 0.5) is 5.69 Å². The SMILES string of the molecule is CC(C)N(C(=O)CN(CCN)CCc1ccccc1)c1ccccc1.Cl. The topological polar surface area (TPSA) is 49.6 Å². The monoisotopic (exact) mass is 375 g/mol. The van der Waals surface area contributed by atoms with Crippen molar-refractivity contribution in [3.05, 3.63) is 66.2 Å². The fraction of sp³-hybridized carbons (Fsp3) is 0.381. The molecular weight excluding hydrogens is 346 g/mol. The van der Waals surface area contributed by atoms with Crippen LogP contribution in [0.3, 0.4) is 0 Å². The van der Waals surface area contributed by atoms with Crippen molar-refractivity contribution < 1.29 is 4.79 Å². The molecule has 0 aromatic heterocycles. The number of hydrogen-bond acceptors (Lipinski definition) is 3. The van der Waals surface area contributed by atoms with Crippen LogP contribution in [0.15, 0.2) is 60.7 Å². The maximum absolute atomic E-state index is 12.9. The van der Waals surface area contributed by atoms with E-state index in [2.05, 4.69) is 17.0 Å². The van der Waals surface area contributed by atoms with Crippen molar-refractivity contribution in [3.8, 4) is 0 Å². The molecule has 0 aliphatic rings. The lowest BCUT2D eigenvalue weighted by Crippen LogP contribution is -2.45.